The van der Waals surface area contributed by atoms with Gasteiger partial charge in [-0.3, -0.25) is 9.80 Å². The molecule has 0 saturated carbocycles. The smallest absolute Gasteiger partial charge is 0.138 e. The molecule has 6 aromatic rings. The van der Waals surface area contributed by atoms with Crippen molar-refractivity contribution in [3.05, 3.63) is 118 Å². The highest BCUT2D eigenvalue weighted by Crippen LogP contribution is 2.34. The van der Waals surface area contributed by atoms with Gasteiger partial charge in [-0.2, -0.15) is 0 Å². The lowest BCUT2D eigenvalue weighted by Gasteiger charge is -2.36. The number of fused-ring (bicyclic) bond motifs is 2. The minimum atomic E-state index is -0.347. The maximum Gasteiger partial charge on any atom is 0.138 e. The van der Waals surface area contributed by atoms with Crippen molar-refractivity contribution in [2.24, 2.45) is 0 Å². The monoisotopic (exact) mass is 820 g/mol. The van der Waals surface area contributed by atoms with Crippen LogP contribution >= 0.6 is 46.6 Å². The van der Waals surface area contributed by atoms with Crippen LogP contribution in [0, 0.1) is 5.82 Å². The van der Waals surface area contributed by atoms with Gasteiger partial charge in [0.25, 0.3) is 0 Å². The van der Waals surface area contributed by atoms with Gasteiger partial charge in [-0.25, -0.2) is 4.39 Å². The molecule has 4 aromatic carbocycles. The zero-order chi connectivity index (χ0) is 38.0. The quantitative estimate of drug-likeness (QED) is 0.0894. The number of hydrogen-bond donors (Lipinski definition) is 2. The number of unbranched alkanes of at least 4 members (excludes halogenated alkanes) is 1. The van der Waals surface area contributed by atoms with Crippen molar-refractivity contribution in [1.82, 2.24) is 19.8 Å². The first kappa shape index (κ1) is 39.7. The number of aromatic amines is 2. The summed E-state index contributed by atoms with van der Waals surface area (Å²) in [5.74, 6) is 1.25. The SMILES string of the molecule is Clc1cccc(Cl)c1SCCCCN1CCN(c2cccc3[nH]ccc23)CC1.Fc1ccc(OCCCN2CCN(c3cccc4[nH]ccc34)CC2)c(Cl)c1. The molecule has 2 saturated heterocycles. The summed E-state index contributed by atoms with van der Waals surface area (Å²) in [7, 11) is 0. The van der Waals surface area contributed by atoms with Gasteiger partial charge >= 0.3 is 0 Å². The Balaban J connectivity index is 0.000000169. The number of aromatic nitrogens is 2. The predicted octanol–water partition coefficient (Wildman–Crippen LogP) is 10.7. The van der Waals surface area contributed by atoms with E-state index in [1.807, 2.05) is 30.6 Å². The molecule has 0 radical (unpaired) electrons. The zero-order valence-electron chi connectivity index (χ0n) is 31.0. The van der Waals surface area contributed by atoms with E-state index < -0.39 is 0 Å². The number of nitrogens with one attached hydrogen (secondary N) is 2. The van der Waals surface area contributed by atoms with Crippen molar-refractivity contribution in [3.63, 3.8) is 0 Å². The third-order valence-corrected chi connectivity index (χ3v) is 12.7. The van der Waals surface area contributed by atoms with E-state index >= 15 is 0 Å². The van der Waals surface area contributed by atoms with Crippen LogP contribution in [0.1, 0.15) is 19.3 Å². The van der Waals surface area contributed by atoms with Crippen LogP contribution in [0.25, 0.3) is 21.8 Å². The maximum absolute atomic E-state index is 13.0. The lowest BCUT2D eigenvalue weighted by Crippen LogP contribution is -2.46. The maximum atomic E-state index is 13.0. The van der Waals surface area contributed by atoms with Gasteiger partial charge < -0.3 is 24.5 Å². The number of hydrogen-bond acceptors (Lipinski definition) is 6. The molecule has 290 valence electrons. The third-order valence-electron chi connectivity index (χ3n) is 10.4. The average molecular weight is 822 g/mol. The van der Waals surface area contributed by atoms with E-state index in [1.54, 1.807) is 17.8 Å². The van der Waals surface area contributed by atoms with Crippen molar-refractivity contribution in [3.8, 4) is 5.75 Å². The van der Waals surface area contributed by atoms with Gasteiger partial charge in [-0.15, -0.1) is 11.8 Å². The van der Waals surface area contributed by atoms with Crippen molar-refractivity contribution in [2.75, 3.05) is 87.6 Å². The van der Waals surface area contributed by atoms with E-state index in [2.05, 4.69) is 78.1 Å². The molecule has 0 atom stereocenters. The van der Waals surface area contributed by atoms with Crippen molar-refractivity contribution in [1.29, 1.82) is 0 Å². The lowest BCUT2D eigenvalue weighted by atomic mass is 10.1. The van der Waals surface area contributed by atoms with Crippen molar-refractivity contribution >= 4 is 79.7 Å². The average Bonchev–Trinajstić information content (AvgIpc) is 3.89. The number of thioether (sulfide) groups is 1. The van der Waals surface area contributed by atoms with Gasteiger partial charge in [0.2, 0.25) is 0 Å². The molecule has 2 aliphatic heterocycles. The number of H-pyrrole nitrogens is 2. The fraction of sp³-hybridized carbons (Fsp3) is 0.349. The second-order valence-electron chi connectivity index (χ2n) is 14.0. The second kappa shape index (κ2) is 19.5. The number of halogens is 4. The molecule has 0 amide bonds. The Hall–Kier alpha value is -3.57. The normalized spacial score (nSPS) is 15.4. The summed E-state index contributed by atoms with van der Waals surface area (Å²) in [4.78, 5) is 17.6. The first-order valence-electron chi connectivity index (χ1n) is 19.1. The summed E-state index contributed by atoms with van der Waals surface area (Å²) >= 11 is 20.2. The summed E-state index contributed by atoms with van der Waals surface area (Å²) in [6.07, 6.45) is 7.33. The van der Waals surface area contributed by atoms with E-state index in [9.17, 15) is 4.39 Å². The molecule has 55 heavy (non-hydrogen) atoms. The summed E-state index contributed by atoms with van der Waals surface area (Å²) in [5, 5.41) is 4.45. The van der Waals surface area contributed by atoms with E-state index in [0.717, 1.165) is 86.0 Å². The van der Waals surface area contributed by atoms with E-state index in [-0.39, 0.29) is 5.82 Å². The van der Waals surface area contributed by atoms with E-state index in [0.29, 0.717) is 17.4 Å². The van der Waals surface area contributed by atoms with Crippen LogP contribution in [0.3, 0.4) is 0 Å². The topological polar surface area (TPSA) is 53.8 Å². The van der Waals surface area contributed by atoms with Crippen LogP contribution in [0.2, 0.25) is 15.1 Å². The fourth-order valence-electron chi connectivity index (χ4n) is 7.41. The molecule has 0 unspecified atom stereocenters. The molecule has 2 aromatic heterocycles. The largest absolute Gasteiger partial charge is 0.492 e. The lowest BCUT2D eigenvalue weighted by molar-refractivity contribution is 0.225. The van der Waals surface area contributed by atoms with Gasteiger partial charge in [0.15, 0.2) is 0 Å². The van der Waals surface area contributed by atoms with Gasteiger partial charge in [-0.1, -0.05) is 53.0 Å². The highest BCUT2D eigenvalue weighted by atomic mass is 35.5. The number of benzene rings is 4. The van der Waals surface area contributed by atoms with Crippen LogP contribution in [0.4, 0.5) is 15.8 Å². The van der Waals surface area contributed by atoms with Crippen LogP contribution in [0.15, 0.2) is 102 Å². The molecule has 12 heteroatoms. The van der Waals surface area contributed by atoms with Gasteiger partial charge in [0, 0.05) is 109 Å². The molecule has 7 nitrogen and oxygen atoms in total. The first-order valence-corrected chi connectivity index (χ1v) is 21.3. The number of ether oxygens (including phenoxy) is 1. The molecule has 0 spiro atoms. The highest BCUT2D eigenvalue weighted by molar-refractivity contribution is 7.99. The Morgan fingerprint density at radius 3 is 1.71 bits per heavy atom. The number of piperazine rings is 2. The minimum absolute atomic E-state index is 0.322. The standard InChI is InChI=1S/C22H25Cl2N3S.C21H23ClFN3O/c23-18-5-3-6-19(24)22(18)28-16-2-1-11-26-12-14-27(15-13-26)21-8-4-7-20-17(21)9-10-25-20;22-18-15-16(23)5-6-21(18)27-14-2-9-25-10-12-26(13-11-25)20-4-1-3-19-17(20)7-8-24-19/h3-10,25H,1-2,11-16H2;1,3-8,15,24H,2,9-14H2. The van der Waals surface area contributed by atoms with Crippen LogP contribution in [0.5, 0.6) is 5.75 Å². The summed E-state index contributed by atoms with van der Waals surface area (Å²) in [5.41, 5.74) is 5.07. The molecule has 8 rings (SSSR count). The van der Waals surface area contributed by atoms with E-state index in [4.69, 9.17) is 39.5 Å². The predicted molar refractivity (Wildman–Crippen MR) is 232 cm³/mol. The number of anilines is 2. The Bertz CT molecular complexity index is 2110. The van der Waals surface area contributed by atoms with E-state index in [1.165, 1.54) is 64.7 Å². The fourth-order valence-corrected chi connectivity index (χ4v) is 9.32. The van der Waals surface area contributed by atoms with Crippen molar-refractivity contribution in [2.45, 2.75) is 24.2 Å². The molecule has 2 N–H and O–H groups in total. The highest BCUT2D eigenvalue weighted by Gasteiger charge is 2.20. The Labute approximate surface area is 342 Å². The van der Waals surface area contributed by atoms with Crippen LogP contribution < -0.4 is 14.5 Å². The Morgan fingerprint density at radius 2 is 1.15 bits per heavy atom. The number of rotatable bonds is 13. The zero-order valence-corrected chi connectivity index (χ0v) is 34.0. The summed E-state index contributed by atoms with van der Waals surface area (Å²) in [6.45, 7) is 11.3. The van der Waals surface area contributed by atoms with Gasteiger partial charge in [0.05, 0.1) is 21.7 Å². The molecule has 4 heterocycles. The first-order chi connectivity index (χ1) is 26.9. The molecule has 0 bridgehead atoms. The minimum Gasteiger partial charge on any atom is -0.492 e. The summed E-state index contributed by atoms with van der Waals surface area (Å²) in [6, 6.07) is 27.2. The second-order valence-corrected chi connectivity index (χ2v) is 16.3. The van der Waals surface area contributed by atoms with Crippen molar-refractivity contribution < 1.29 is 9.13 Å². The molecular weight excluding hydrogens is 774 g/mol. The molecule has 0 aliphatic carbocycles. The Morgan fingerprint density at radius 1 is 0.600 bits per heavy atom. The molecule has 2 aliphatic rings. The van der Waals surface area contributed by atoms with Gasteiger partial charge in [0.1, 0.15) is 11.6 Å². The molecule has 2 fully saturated rings. The molecular formula is C43H48Cl3FN6OS. The van der Waals surface area contributed by atoms with Gasteiger partial charge in [-0.05, 0) is 98.3 Å². The summed E-state index contributed by atoms with van der Waals surface area (Å²) < 4.78 is 18.7. The Kier molecular flexibility index (Phi) is 14.1. The number of nitrogens with zero attached hydrogens (tertiary/aromatic N) is 4. The van der Waals surface area contributed by atoms with Crippen LogP contribution in [-0.2, 0) is 0 Å². The van der Waals surface area contributed by atoms with Crippen LogP contribution in [-0.4, -0.2) is 97.6 Å². The third kappa shape index (κ3) is 10.4.